The van der Waals surface area contributed by atoms with Gasteiger partial charge >= 0.3 is 0 Å². The van der Waals surface area contributed by atoms with Gasteiger partial charge in [-0.2, -0.15) is 5.10 Å². The Kier molecular flexibility index (Phi) is 5.71. The van der Waals surface area contributed by atoms with Gasteiger partial charge in [0.25, 0.3) is 0 Å². The summed E-state index contributed by atoms with van der Waals surface area (Å²) in [6.45, 7) is 7.44. The first-order valence-corrected chi connectivity index (χ1v) is 12.5. The number of halogens is 1. The first-order chi connectivity index (χ1) is 18.7. The number of amides is 1. The number of carbonyl (C=O) groups is 1. The van der Waals surface area contributed by atoms with Crippen LogP contribution >= 0.6 is 0 Å². The summed E-state index contributed by atoms with van der Waals surface area (Å²) < 4.78 is 14.2. The average Bonchev–Trinajstić information content (AvgIpc) is 3.51. The topological polar surface area (TPSA) is 112 Å². The molecule has 8 nitrogen and oxygen atoms in total. The van der Waals surface area contributed by atoms with E-state index in [2.05, 4.69) is 25.5 Å². The number of fused-ring (bicyclic) bond motifs is 2. The first-order valence-electron chi connectivity index (χ1n) is 12.5. The van der Waals surface area contributed by atoms with E-state index in [-0.39, 0.29) is 11.7 Å². The minimum atomic E-state index is -0.529. The van der Waals surface area contributed by atoms with Gasteiger partial charge in [0.1, 0.15) is 11.3 Å². The highest BCUT2D eigenvalue weighted by atomic mass is 19.1. The number of hydrogen-bond acceptors (Lipinski definition) is 5. The molecule has 0 atom stereocenters. The van der Waals surface area contributed by atoms with Crippen molar-refractivity contribution in [2.75, 3.05) is 5.32 Å². The van der Waals surface area contributed by atoms with Crippen molar-refractivity contribution in [3.63, 3.8) is 0 Å². The summed E-state index contributed by atoms with van der Waals surface area (Å²) in [4.78, 5) is 29.8. The number of aryl methyl sites for hydroxylation is 1. The highest BCUT2D eigenvalue weighted by Gasteiger charge is 2.22. The Morgan fingerprint density at radius 1 is 0.923 bits per heavy atom. The van der Waals surface area contributed by atoms with Gasteiger partial charge in [-0.25, -0.2) is 14.4 Å². The number of pyridine rings is 2. The van der Waals surface area contributed by atoms with Gasteiger partial charge in [0, 0.05) is 22.7 Å². The maximum absolute atomic E-state index is 14.2. The first kappa shape index (κ1) is 24.4. The molecule has 4 aromatic heterocycles. The number of imidazole rings is 1. The molecule has 4 heterocycles. The number of aromatic amines is 2. The summed E-state index contributed by atoms with van der Waals surface area (Å²) in [6.07, 6.45) is 3.32. The van der Waals surface area contributed by atoms with E-state index in [1.165, 1.54) is 12.1 Å². The van der Waals surface area contributed by atoms with Gasteiger partial charge in [-0.05, 0) is 54.4 Å². The van der Waals surface area contributed by atoms with E-state index in [9.17, 15) is 9.18 Å². The third-order valence-corrected chi connectivity index (χ3v) is 6.47. The molecule has 6 rings (SSSR count). The third-order valence-electron chi connectivity index (χ3n) is 6.47. The molecule has 6 aromatic rings. The molecule has 2 aromatic carbocycles. The Bertz CT molecular complexity index is 1860. The Morgan fingerprint density at radius 3 is 2.56 bits per heavy atom. The SMILES string of the molecule is Cc1cc(F)cc(-c2cccc3[nH]c(-c4n[nH]c5ccc(-c6cncc(NC(=O)C(C)(C)C)c6)nc45)nc23)c1. The van der Waals surface area contributed by atoms with E-state index < -0.39 is 5.41 Å². The number of hydrogen-bond donors (Lipinski definition) is 3. The molecule has 0 spiro atoms. The molecule has 39 heavy (non-hydrogen) atoms. The number of anilines is 1. The summed E-state index contributed by atoms with van der Waals surface area (Å²) in [5.41, 5.74) is 7.40. The second-order valence-electron chi connectivity index (χ2n) is 10.6. The van der Waals surface area contributed by atoms with Crippen LogP contribution in [-0.4, -0.2) is 36.0 Å². The molecule has 3 N–H and O–H groups in total. The molecule has 0 radical (unpaired) electrons. The van der Waals surface area contributed by atoms with Gasteiger partial charge < -0.3 is 10.3 Å². The van der Waals surface area contributed by atoms with Crippen LogP contribution in [-0.2, 0) is 4.79 Å². The predicted octanol–water partition coefficient (Wildman–Crippen LogP) is 6.66. The fraction of sp³-hybridized carbons (Fsp3) is 0.167. The molecule has 1 amide bonds. The lowest BCUT2D eigenvalue weighted by atomic mass is 9.95. The van der Waals surface area contributed by atoms with Crippen LogP contribution in [0.15, 0.2) is 67.0 Å². The number of para-hydroxylation sites is 1. The van der Waals surface area contributed by atoms with E-state index >= 15 is 0 Å². The van der Waals surface area contributed by atoms with Gasteiger partial charge in [-0.1, -0.05) is 39.0 Å². The number of benzene rings is 2. The molecular formula is C30H26FN7O. The normalized spacial score (nSPS) is 11.8. The Hall–Kier alpha value is -4.92. The van der Waals surface area contributed by atoms with Crippen LogP contribution in [0.3, 0.4) is 0 Å². The fourth-order valence-electron chi connectivity index (χ4n) is 4.46. The highest BCUT2D eigenvalue weighted by Crippen LogP contribution is 2.33. The molecule has 0 saturated carbocycles. The van der Waals surface area contributed by atoms with Gasteiger partial charge in [0.15, 0.2) is 11.5 Å². The Labute approximate surface area is 223 Å². The van der Waals surface area contributed by atoms with E-state index in [1.54, 1.807) is 12.4 Å². The van der Waals surface area contributed by atoms with Crippen LogP contribution in [0, 0.1) is 18.2 Å². The standard InChI is InChI=1S/C30H26FN7O/c1-16-10-17(12-19(31)11-16)21-6-5-7-23-25(21)36-28(35-23)27-26-24(37-38-27)9-8-22(34-26)18-13-20(15-32-14-18)33-29(39)30(2,3)4/h5-15H,1-4H3,(H,33,39)(H,35,36)(H,37,38). The third kappa shape index (κ3) is 4.63. The van der Waals surface area contributed by atoms with Crippen LogP contribution in [0.25, 0.3) is 56.0 Å². The van der Waals surface area contributed by atoms with Crippen LogP contribution < -0.4 is 5.32 Å². The van der Waals surface area contributed by atoms with Crippen molar-refractivity contribution >= 4 is 33.7 Å². The highest BCUT2D eigenvalue weighted by molar-refractivity contribution is 5.97. The van der Waals surface area contributed by atoms with Crippen molar-refractivity contribution in [2.45, 2.75) is 27.7 Å². The summed E-state index contributed by atoms with van der Waals surface area (Å²) in [6, 6.07) is 16.4. The van der Waals surface area contributed by atoms with Crippen molar-refractivity contribution in [1.82, 2.24) is 30.1 Å². The molecule has 194 valence electrons. The zero-order chi connectivity index (χ0) is 27.3. The van der Waals surface area contributed by atoms with Crippen LogP contribution in [0.2, 0.25) is 0 Å². The number of carbonyl (C=O) groups excluding carboxylic acids is 1. The summed E-state index contributed by atoms with van der Waals surface area (Å²) in [5.74, 6) is 0.162. The van der Waals surface area contributed by atoms with Crippen molar-refractivity contribution in [3.8, 4) is 33.9 Å². The molecule has 0 aliphatic heterocycles. The smallest absolute Gasteiger partial charge is 0.229 e. The molecule has 0 bridgehead atoms. The summed E-state index contributed by atoms with van der Waals surface area (Å²) in [7, 11) is 0. The summed E-state index contributed by atoms with van der Waals surface area (Å²) in [5, 5.41) is 10.4. The zero-order valence-corrected chi connectivity index (χ0v) is 21.9. The van der Waals surface area contributed by atoms with Crippen molar-refractivity contribution in [3.05, 3.63) is 78.4 Å². The molecule has 9 heteroatoms. The van der Waals surface area contributed by atoms with E-state index in [0.29, 0.717) is 28.4 Å². The zero-order valence-electron chi connectivity index (χ0n) is 21.9. The second kappa shape index (κ2) is 9.13. The van der Waals surface area contributed by atoms with Crippen LogP contribution in [0.4, 0.5) is 10.1 Å². The van der Waals surface area contributed by atoms with Crippen molar-refractivity contribution in [2.24, 2.45) is 5.41 Å². The predicted molar refractivity (Wildman–Crippen MR) is 150 cm³/mol. The van der Waals surface area contributed by atoms with Gasteiger partial charge in [0.2, 0.25) is 5.91 Å². The van der Waals surface area contributed by atoms with Crippen molar-refractivity contribution < 1.29 is 9.18 Å². The average molecular weight is 520 g/mol. The Balaban J connectivity index is 1.41. The van der Waals surface area contributed by atoms with E-state index in [4.69, 9.17) is 9.97 Å². The van der Waals surface area contributed by atoms with Crippen molar-refractivity contribution in [1.29, 1.82) is 0 Å². The largest absolute Gasteiger partial charge is 0.336 e. The van der Waals surface area contributed by atoms with Gasteiger partial charge in [-0.15, -0.1) is 0 Å². The molecule has 0 saturated heterocycles. The maximum Gasteiger partial charge on any atom is 0.229 e. The quantitative estimate of drug-likeness (QED) is 0.241. The molecule has 0 aliphatic rings. The molecular weight excluding hydrogens is 493 g/mol. The number of aromatic nitrogens is 6. The van der Waals surface area contributed by atoms with Crippen LogP contribution in [0.1, 0.15) is 26.3 Å². The van der Waals surface area contributed by atoms with Crippen LogP contribution in [0.5, 0.6) is 0 Å². The van der Waals surface area contributed by atoms with Gasteiger partial charge in [0.05, 0.1) is 34.1 Å². The Morgan fingerprint density at radius 2 is 1.77 bits per heavy atom. The molecule has 0 unspecified atom stereocenters. The summed E-state index contributed by atoms with van der Waals surface area (Å²) >= 11 is 0. The fourth-order valence-corrected chi connectivity index (χ4v) is 4.46. The molecule has 0 aliphatic carbocycles. The molecule has 0 fully saturated rings. The lowest BCUT2D eigenvalue weighted by Gasteiger charge is -2.17. The number of nitrogens with zero attached hydrogens (tertiary/aromatic N) is 4. The minimum Gasteiger partial charge on any atom is -0.336 e. The lowest BCUT2D eigenvalue weighted by molar-refractivity contribution is -0.123. The lowest BCUT2D eigenvalue weighted by Crippen LogP contribution is -2.27. The second-order valence-corrected chi connectivity index (χ2v) is 10.6. The number of nitrogens with one attached hydrogen (secondary N) is 3. The number of rotatable bonds is 4. The maximum atomic E-state index is 14.2. The minimum absolute atomic E-state index is 0.0976. The van der Waals surface area contributed by atoms with Gasteiger partial charge in [-0.3, -0.25) is 14.9 Å². The monoisotopic (exact) mass is 519 g/mol. The van der Waals surface area contributed by atoms with E-state index in [1.807, 2.05) is 70.2 Å². The van der Waals surface area contributed by atoms with E-state index in [0.717, 1.165) is 38.8 Å². The number of H-pyrrole nitrogens is 2.